The number of aromatic nitrogens is 5. The first kappa shape index (κ1) is 14.4. The van der Waals surface area contributed by atoms with Gasteiger partial charge in [0.05, 0.1) is 29.4 Å². The van der Waals surface area contributed by atoms with Crippen LogP contribution < -0.4 is 4.74 Å². The number of H-pyrrole nitrogens is 2. The van der Waals surface area contributed by atoms with E-state index in [0.29, 0.717) is 0 Å². The quantitative estimate of drug-likeness (QED) is 0.604. The van der Waals surface area contributed by atoms with E-state index in [2.05, 4.69) is 19.9 Å². The molecule has 0 aliphatic heterocycles. The van der Waals surface area contributed by atoms with Gasteiger partial charge in [0.2, 0.25) is 0 Å². The van der Waals surface area contributed by atoms with Crippen LogP contribution in [-0.2, 0) is 0 Å². The fraction of sp³-hybridized carbons (Fsp3) is 0.167. The van der Waals surface area contributed by atoms with Crippen molar-refractivity contribution in [1.82, 2.24) is 24.9 Å². The normalized spacial score (nSPS) is 11.1. The van der Waals surface area contributed by atoms with E-state index in [1.54, 1.807) is 13.3 Å². The molecule has 4 rings (SSSR count). The minimum absolute atomic E-state index is 0.737. The van der Waals surface area contributed by atoms with Crippen molar-refractivity contribution in [3.63, 3.8) is 0 Å². The summed E-state index contributed by atoms with van der Waals surface area (Å²) in [5.74, 6) is 2.37. The fourth-order valence-corrected chi connectivity index (χ4v) is 2.89. The molecule has 2 N–H and O–H groups in total. The van der Waals surface area contributed by atoms with Crippen molar-refractivity contribution in [2.75, 3.05) is 7.11 Å². The van der Waals surface area contributed by atoms with Crippen LogP contribution in [0.25, 0.3) is 33.7 Å². The van der Waals surface area contributed by atoms with Gasteiger partial charge in [0.25, 0.3) is 0 Å². The van der Waals surface area contributed by atoms with Crippen LogP contribution >= 0.6 is 0 Å². The van der Waals surface area contributed by atoms with E-state index in [9.17, 15) is 0 Å². The SMILES string of the molecule is COc1cc2nc(C)[nH]c2cc1-c1nc(-c2cccnc2)c(C)[nH]1. The Labute approximate surface area is 139 Å². The highest BCUT2D eigenvalue weighted by Gasteiger charge is 2.16. The molecule has 6 nitrogen and oxygen atoms in total. The number of pyridine rings is 1. The standard InChI is InChI=1S/C18H17N5O/c1-10-17(12-5-4-6-19-9-12)23-18(20-10)13-7-14-15(8-16(13)24-3)22-11(2)21-14/h4-9H,1-3H3,(H,20,23)(H,21,22). The molecule has 0 bridgehead atoms. The van der Waals surface area contributed by atoms with E-state index in [-0.39, 0.29) is 0 Å². The Morgan fingerprint density at radius 3 is 2.71 bits per heavy atom. The van der Waals surface area contributed by atoms with Crippen molar-refractivity contribution >= 4 is 11.0 Å². The summed E-state index contributed by atoms with van der Waals surface area (Å²) in [5, 5.41) is 0. The van der Waals surface area contributed by atoms with Gasteiger partial charge in [0.15, 0.2) is 0 Å². The highest BCUT2D eigenvalue weighted by Crippen LogP contribution is 2.34. The van der Waals surface area contributed by atoms with Crippen molar-refractivity contribution in [2.45, 2.75) is 13.8 Å². The Bertz CT molecular complexity index is 1020. The Balaban J connectivity index is 1.88. The second-order valence-electron chi connectivity index (χ2n) is 5.69. The van der Waals surface area contributed by atoms with Gasteiger partial charge in [-0.1, -0.05) is 0 Å². The topological polar surface area (TPSA) is 79.5 Å². The van der Waals surface area contributed by atoms with Crippen molar-refractivity contribution in [1.29, 1.82) is 0 Å². The van der Waals surface area contributed by atoms with Gasteiger partial charge in [0, 0.05) is 29.7 Å². The molecule has 24 heavy (non-hydrogen) atoms. The zero-order chi connectivity index (χ0) is 16.7. The van der Waals surface area contributed by atoms with Crippen molar-refractivity contribution < 1.29 is 4.74 Å². The fourth-order valence-electron chi connectivity index (χ4n) is 2.89. The summed E-state index contributed by atoms with van der Waals surface area (Å²) in [6.45, 7) is 3.94. The molecule has 0 aliphatic rings. The number of nitrogens with one attached hydrogen (secondary N) is 2. The largest absolute Gasteiger partial charge is 0.496 e. The monoisotopic (exact) mass is 319 g/mol. The number of aryl methyl sites for hydroxylation is 2. The Morgan fingerprint density at radius 1 is 1.08 bits per heavy atom. The zero-order valence-corrected chi connectivity index (χ0v) is 13.7. The molecule has 0 atom stereocenters. The molecule has 0 radical (unpaired) electrons. The summed E-state index contributed by atoms with van der Waals surface area (Å²) in [6, 6.07) is 7.84. The van der Waals surface area contributed by atoms with Gasteiger partial charge in [-0.2, -0.15) is 0 Å². The first-order valence-electron chi connectivity index (χ1n) is 7.67. The molecule has 0 fully saturated rings. The number of aromatic amines is 2. The lowest BCUT2D eigenvalue weighted by molar-refractivity contribution is 0.416. The van der Waals surface area contributed by atoms with Crippen LogP contribution in [0.4, 0.5) is 0 Å². The molecular formula is C18H17N5O. The molecule has 0 spiro atoms. The molecule has 0 unspecified atom stereocenters. The molecule has 3 aromatic heterocycles. The molecule has 0 amide bonds. The van der Waals surface area contributed by atoms with Crippen LogP contribution in [0, 0.1) is 13.8 Å². The van der Waals surface area contributed by atoms with E-state index in [1.165, 1.54) is 0 Å². The molecule has 0 saturated heterocycles. The minimum atomic E-state index is 0.737. The molecule has 6 heteroatoms. The number of rotatable bonds is 3. The minimum Gasteiger partial charge on any atom is -0.496 e. The second kappa shape index (κ2) is 5.49. The first-order valence-corrected chi connectivity index (χ1v) is 7.67. The van der Waals surface area contributed by atoms with Crippen LogP contribution in [-0.4, -0.2) is 32.0 Å². The maximum atomic E-state index is 5.55. The van der Waals surface area contributed by atoms with Crippen LogP contribution in [0.15, 0.2) is 36.7 Å². The summed E-state index contributed by atoms with van der Waals surface area (Å²) >= 11 is 0. The third kappa shape index (κ3) is 2.32. The number of nitrogens with zero attached hydrogens (tertiary/aromatic N) is 3. The van der Waals surface area contributed by atoms with Crippen molar-refractivity contribution in [3.8, 4) is 28.4 Å². The molecule has 120 valence electrons. The molecule has 1 aromatic carbocycles. The smallest absolute Gasteiger partial charge is 0.142 e. The number of methoxy groups -OCH3 is 1. The van der Waals surface area contributed by atoms with Crippen LogP contribution in [0.1, 0.15) is 11.5 Å². The number of benzene rings is 1. The third-order valence-corrected chi connectivity index (χ3v) is 4.00. The van der Waals surface area contributed by atoms with Gasteiger partial charge in [0.1, 0.15) is 17.4 Å². The Morgan fingerprint density at radius 2 is 1.96 bits per heavy atom. The lowest BCUT2D eigenvalue weighted by Gasteiger charge is -2.06. The van der Waals surface area contributed by atoms with E-state index >= 15 is 0 Å². The van der Waals surface area contributed by atoms with Crippen LogP contribution in [0.5, 0.6) is 5.75 Å². The summed E-state index contributed by atoms with van der Waals surface area (Å²) in [5.41, 5.74) is 5.59. The van der Waals surface area contributed by atoms with E-state index in [1.807, 2.05) is 44.3 Å². The number of fused-ring (bicyclic) bond motifs is 1. The lowest BCUT2D eigenvalue weighted by atomic mass is 10.1. The highest BCUT2D eigenvalue weighted by molar-refractivity contribution is 5.85. The van der Waals surface area contributed by atoms with Crippen LogP contribution in [0.3, 0.4) is 0 Å². The predicted octanol–water partition coefficient (Wildman–Crippen LogP) is 3.64. The average Bonchev–Trinajstić information content (AvgIpc) is 3.15. The molecule has 3 heterocycles. The van der Waals surface area contributed by atoms with E-state index < -0.39 is 0 Å². The summed E-state index contributed by atoms with van der Waals surface area (Å²) in [7, 11) is 1.65. The number of imidazole rings is 2. The van der Waals surface area contributed by atoms with Gasteiger partial charge in [-0.05, 0) is 32.0 Å². The van der Waals surface area contributed by atoms with Gasteiger partial charge >= 0.3 is 0 Å². The molecule has 4 aromatic rings. The summed E-state index contributed by atoms with van der Waals surface area (Å²) in [4.78, 5) is 20.0. The van der Waals surface area contributed by atoms with Gasteiger partial charge in [-0.15, -0.1) is 0 Å². The Hall–Kier alpha value is -3.15. The molecule has 0 saturated carbocycles. The van der Waals surface area contributed by atoms with Crippen LogP contribution in [0.2, 0.25) is 0 Å². The number of hydrogen-bond donors (Lipinski definition) is 2. The number of hydrogen-bond acceptors (Lipinski definition) is 4. The van der Waals surface area contributed by atoms with Crippen molar-refractivity contribution in [2.24, 2.45) is 0 Å². The third-order valence-electron chi connectivity index (χ3n) is 4.00. The molecular weight excluding hydrogens is 302 g/mol. The highest BCUT2D eigenvalue weighted by atomic mass is 16.5. The van der Waals surface area contributed by atoms with Gasteiger partial charge < -0.3 is 14.7 Å². The Kier molecular flexibility index (Phi) is 3.30. The van der Waals surface area contributed by atoms with E-state index in [4.69, 9.17) is 9.72 Å². The van der Waals surface area contributed by atoms with Gasteiger partial charge in [-0.25, -0.2) is 9.97 Å². The lowest BCUT2D eigenvalue weighted by Crippen LogP contribution is -1.90. The number of ether oxygens (including phenoxy) is 1. The summed E-state index contributed by atoms with van der Waals surface area (Å²) < 4.78 is 5.55. The average molecular weight is 319 g/mol. The predicted molar refractivity (Wildman–Crippen MR) is 92.9 cm³/mol. The first-order chi connectivity index (χ1) is 11.7. The van der Waals surface area contributed by atoms with E-state index in [0.717, 1.165) is 50.9 Å². The van der Waals surface area contributed by atoms with Gasteiger partial charge in [-0.3, -0.25) is 4.98 Å². The molecule has 0 aliphatic carbocycles. The maximum Gasteiger partial charge on any atom is 0.142 e. The maximum absolute atomic E-state index is 5.55. The summed E-state index contributed by atoms with van der Waals surface area (Å²) in [6.07, 6.45) is 3.57. The second-order valence-corrected chi connectivity index (χ2v) is 5.69. The zero-order valence-electron chi connectivity index (χ0n) is 13.7. The van der Waals surface area contributed by atoms with Crippen molar-refractivity contribution in [3.05, 3.63) is 48.2 Å².